The molecule has 0 unspecified atom stereocenters. The molecule has 1 fully saturated rings. The van der Waals surface area contributed by atoms with Crippen molar-refractivity contribution >= 4 is 29.2 Å². The Balaban J connectivity index is 1.71. The van der Waals surface area contributed by atoms with Crippen LogP contribution in [0.2, 0.25) is 5.02 Å². The standard InChI is InChI=1S/C17H21ClN6O3/c18-12-5-7-13(8-6-12)20-17-21-14(15(24(26)27)11-23(17)19)3-1-9-22-10-2-4-16(22)25/h5-8H,1-4,9-11,19H2,(H,20,21). The Morgan fingerprint density at radius 2 is 2.07 bits per heavy atom. The van der Waals surface area contributed by atoms with E-state index in [-0.39, 0.29) is 18.1 Å². The molecule has 0 aliphatic carbocycles. The number of halogens is 1. The minimum Gasteiger partial charge on any atom is -0.343 e. The molecule has 0 radical (unpaired) electrons. The van der Waals surface area contributed by atoms with Gasteiger partial charge in [-0.2, -0.15) is 0 Å². The zero-order valence-electron chi connectivity index (χ0n) is 14.7. The van der Waals surface area contributed by atoms with E-state index in [1.54, 1.807) is 29.2 Å². The largest absolute Gasteiger partial charge is 0.343 e. The number of hydrogen-bond acceptors (Lipinski definition) is 7. The van der Waals surface area contributed by atoms with Gasteiger partial charge in [0.1, 0.15) is 12.2 Å². The third-order valence-corrected chi connectivity index (χ3v) is 4.75. The zero-order chi connectivity index (χ0) is 19.4. The Labute approximate surface area is 161 Å². The number of carbonyl (C=O) groups excluding carboxylic acids is 1. The number of nitrogens with zero attached hydrogens (tertiary/aromatic N) is 4. The van der Waals surface area contributed by atoms with Crippen LogP contribution in [0.5, 0.6) is 0 Å². The Kier molecular flexibility index (Phi) is 5.92. The lowest BCUT2D eigenvalue weighted by Crippen LogP contribution is -2.46. The van der Waals surface area contributed by atoms with E-state index in [0.29, 0.717) is 42.5 Å². The van der Waals surface area contributed by atoms with Gasteiger partial charge in [-0.05, 0) is 43.5 Å². The van der Waals surface area contributed by atoms with Gasteiger partial charge < -0.3 is 10.2 Å². The van der Waals surface area contributed by atoms with E-state index in [4.69, 9.17) is 17.4 Å². The van der Waals surface area contributed by atoms with E-state index in [9.17, 15) is 14.9 Å². The van der Waals surface area contributed by atoms with Crippen LogP contribution in [0.15, 0.2) is 40.7 Å². The van der Waals surface area contributed by atoms with Crippen LogP contribution in [0, 0.1) is 10.1 Å². The first-order valence-corrected chi connectivity index (χ1v) is 9.09. The summed E-state index contributed by atoms with van der Waals surface area (Å²) in [5, 5.41) is 16.2. The van der Waals surface area contributed by atoms with Gasteiger partial charge in [-0.25, -0.2) is 10.8 Å². The topological polar surface area (TPSA) is 117 Å². The van der Waals surface area contributed by atoms with Crippen LogP contribution >= 0.6 is 11.6 Å². The quantitative estimate of drug-likeness (QED) is 0.435. The number of aliphatic imine (C=N–C) groups is 1. The van der Waals surface area contributed by atoms with Crippen molar-refractivity contribution in [2.45, 2.75) is 25.7 Å². The number of allylic oxidation sites excluding steroid dienone is 1. The van der Waals surface area contributed by atoms with Crippen LogP contribution in [0.4, 0.5) is 5.69 Å². The van der Waals surface area contributed by atoms with E-state index < -0.39 is 4.92 Å². The van der Waals surface area contributed by atoms with Crippen LogP contribution in [0.25, 0.3) is 0 Å². The number of nitro groups is 1. The molecule has 10 heteroatoms. The maximum atomic E-state index is 11.7. The second kappa shape index (κ2) is 8.36. The molecule has 9 nitrogen and oxygen atoms in total. The summed E-state index contributed by atoms with van der Waals surface area (Å²) in [6.45, 7) is 1.28. The number of benzene rings is 1. The van der Waals surface area contributed by atoms with Gasteiger partial charge in [0.15, 0.2) is 0 Å². The number of likely N-dealkylation sites (tertiary alicyclic amines) is 1. The minimum atomic E-state index is -0.446. The number of nitrogens with two attached hydrogens (primary N) is 1. The van der Waals surface area contributed by atoms with E-state index >= 15 is 0 Å². The Hall–Kier alpha value is -2.65. The maximum absolute atomic E-state index is 11.7. The Bertz CT molecular complexity index is 792. The van der Waals surface area contributed by atoms with Gasteiger partial charge in [0.25, 0.3) is 5.70 Å². The predicted molar refractivity (Wildman–Crippen MR) is 102 cm³/mol. The summed E-state index contributed by atoms with van der Waals surface area (Å²) in [7, 11) is 0. The van der Waals surface area contributed by atoms with E-state index in [0.717, 1.165) is 18.7 Å². The monoisotopic (exact) mass is 392 g/mol. The van der Waals surface area contributed by atoms with Crippen LogP contribution in [-0.4, -0.2) is 46.3 Å². The van der Waals surface area contributed by atoms with Crippen molar-refractivity contribution in [1.29, 1.82) is 0 Å². The normalized spacial score (nSPS) is 17.4. The number of guanidine groups is 1. The summed E-state index contributed by atoms with van der Waals surface area (Å²) >= 11 is 5.88. The average Bonchev–Trinajstić information content (AvgIpc) is 3.04. The van der Waals surface area contributed by atoms with E-state index in [1.165, 1.54) is 5.01 Å². The van der Waals surface area contributed by atoms with Crippen LogP contribution in [-0.2, 0) is 4.79 Å². The van der Waals surface area contributed by atoms with Gasteiger partial charge >= 0.3 is 0 Å². The molecule has 27 heavy (non-hydrogen) atoms. The summed E-state index contributed by atoms with van der Waals surface area (Å²) in [6, 6.07) is 6.98. The number of rotatable bonds is 6. The van der Waals surface area contributed by atoms with Crippen molar-refractivity contribution in [3.8, 4) is 0 Å². The molecule has 144 valence electrons. The fraction of sp³-hybridized carbons (Fsp3) is 0.412. The van der Waals surface area contributed by atoms with E-state index in [1.807, 2.05) is 0 Å². The summed E-state index contributed by atoms with van der Waals surface area (Å²) in [6.07, 6.45) is 2.47. The molecule has 0 saturated carbocycles. The summed E-state index contributed by atoms with van der Waals surface area (Å²) in [4.78, 5) is 28.8. The highest BCUT2D eigenvalue weighted by molar-refractivity contribution is 6.30. The zero-order valence-corrected chi connectivity index (χ0v) is 15.5. The number of amides is 1. The van der Waals surface area contributed by atoms with Crippen LogP contribution < -0.4 is 11.2 Å². The summed E-state index contributed by atoms with van der Waals surface area (Å²) < 4.78 is 0. The van der Waals surface area contributed by atoms with Crippen molar-refractivity contribution in [2.75, 3.05) is 25.0 Å². The lowest BCUT2D eigenvalue weighted by Gasteiger charge is -2.25. The highest BCUT2D eigenvalue weighted by atomic mass is 35.5. The maximum Gasteiger partial charge on any atom is 0.288 e. The lowest BCUT2D eigenvalue weighted by atomic mass is 10.1. The molecular weight excluding hydrogens is 372 g/mol. The molecule has 3 rings (SSSR count). The van der Waals surface area contributed by atoms with Gasteiger partial charge in [-0.1, -0.05) is 11.6 Å². The lowest BCUT2D eigenvalue weighted by molar-refractivity contribution is -0.429. The first-order chi connectivity index (χ1) is 12.9. The van der Waals surface area contributed by atoms with Crippen LogP contribution in [0.1, 0.15) is 25.7 Å². The molecule has 2 aliphatic heterocycles. The first kappa shape index (κ1) is 19.1. The second-order valence-electron chi connectivity index (χ2n) is 6.43. The summed E-state index contributed by atoms with van der Waals surface area (Å²) in [5.41, 5.74) is 1.08. The smallest absolute Gasteiger partial charge is 0.288 e. The fourth-order valence-corrected chi connectivity index (χ4v) is 3.21. The van der Waals surface area contributed by atoms with Crippen molar-refractivity contribution in [3.63, 3.8) is 0 Å². The van der Waals surface area contributed by atoms with Gasteiger partial charge in [0.2, 0.25) is 11.9 Å². The first-order valence-electron chi connectivity index (χ1n) is 8.72. The highest BCUT2D eigenvalue weighted by Crippen LogP contribution is 2.22. The molecule has 0 aromatic heterocycles. The third kappa shape index (κ3) is 4.75. The Morgan fingerprint density at radius 3 is 2.70 bits per heavy atom. The number of anilines is 1. The highest BCUT2D eigenvalue weighted by Gasteiger charge is 2.28. The molecule has 2 aliphatic rings. The molecule has 0 spiro atoms. The molecule has 1 aromatic carbocycles. The molecular formula is C17H21ClN6O3. The van der Waals surface area contributed by atoms with Gasteiger partial charge in [0.05, 0.1) is 4.92 Å². The molecule has 0 bridgehead atoms. The molecule has 3 N–H and O–H groups in total. The van der Waals surface area contributed by atoms with Crippen LogP contribution in [0.3, 0.4) is 0 Å². The SMILES string of the molecule is NN1CC([N+](=O)[O-])=C(CCCN2CCCC2=O)N=C1Nc1ccc(Cl)cc1. The van der Waals surface area contributed by atoms with E-state index in [2.05, 4.69) is 10.3 Å². The van der Waals surface area contributed by atoms with Crippen molar-refractivity contribution < 1.29 is 9.72 Å². The third-order valence-electron chi connectivity index (χ3n) is 4.50. The molecule has 1 aromatic rings. The average molecular weight is 393 g/mol. The van der Waals surface area contributed by atoms with Crippen molar-refractivity contribution in [1.82, 2.24) is 9.91 Å². The van der Waals surface area contributed by atoms with Gasteiger partial charge in [-0.3, -0.25) is 19.9 Å². The minimum absolute atomic E-state index is 0.0214. The summed E-state index contributed by atoms with van der Waals surface area (Å²) in [5.74, 6) is 6.39. The van der Waals surface area contributed by atoms with Crippen molar-refractivity contribution in [2.24, 2.45) is 10.8 Å². The van der Waals surface area contributed by atoms with Gasteiger partial charge in [-0.15, -0.1) is 0 Å². The second-order valence-corrected chi connectivity index (χ2v) is 6.87. The predicted octanol–water partition coefficient (Wildman–Crippen LogP) is 2.19. The molecule has 0 atom stereocenters. The number of carbonyl (C=O) groups is 1. The number of hydrazine groups is 1. The Morgan fingerprint density at radius 1 is 1.33 bits per heavy atom. The number of hydrogen-bond donors (Lipinski definition) is 2. The molecule has 1 amide bonds. The molecule has 1 saturated heterocycles. The number of nitrogens with one attached hydrogen (secondary N) is 1. The fourth-order valence-electron chi connectivity index (χ4n) is 3.09. The van der Waals surface area contributed by atoms with Crippen molar-refractivity contribution in [3.05, 3.63) is 50.8 Å². The van der Waals surface area contributed by atoms with Gasteiger partial charge in [0, 0.05) is 30.2 Å². The molecule has 2 heterocycles.